The number of esters is 1. The molecule has 4 nitrogen and oxygen atoms in total. The van der Waals surface area contributed by atoms with Crippen molar-refractivity contribution in [1.29, 1.82) is 0 Å². The van der Waals surface area contributed by atoms with Gasteiger partial charge in [0.15, 0.2) is 5.78 Å². The van der Waals surface area contributed by atoms with Gasteiger partial charge in [-0.15, -0.1) is 0 Å². The third kappa shape index (κ3) is 2.88. The lowest BCUT2D eigenvalue weighted by molar-refractivity contribution is -0.140. The summed E-state index contributed by atoms with van der Waals surface area (Å²) in [4.78, 5) is 24.5. The number of methoxy groups -OCH3 is 1. The Morgan fingerprint density at radius 1 is 1.04 bits per heavy atom. The van der Waals surface area contributed by atoms with Gasteiger partial charge in [-0.05, 0) is 13.0 Å². The molecule has 0 bridgehead atoms. The fourth-order valence-corrected chi connectivity index (χ4v) is 2.52. The number of benzene rings is 2. The molecular formula is C19H16O4. The first-order valence-corrected chi connectivity index (χ1v) is 7.28. The molecule has 0 aliphatic heterocycles. The lowest BCUT2D eigenvalue weighted by atomic mass is 9.98. The van der Waals surface area contributed by atoms with Crippen LogP contribution in [-0.4, -0.2) is 18.9 Å². The maximum Gasteiger partial charge on any atom is 0.313 e. The summed E-state index contributed by atoms with van der Waals surface area (Å²) in [5, 5.41) is 0.706. The molecule has 0 saturated heterocycles. The van der Waals surface area contributed by atoms with Gasteiger partial charge in [0, 0.05) is 10.9 Å². The van der Waals surface area contributed by atoms with Gasteiger partial charge < -0.3 is 9.15 Å². The summed E-state index contributed by atoms with van der Waals surface area (Å²) in [6.45, 7) is 1.96. The molecule has 0 radical (unpaired) electrons. The summed E-state index contributed by atoms with van der Waals surface area (Å²) in [6.07, 6.45) is -0.0713. The number of ether oxygens (including phenoxy) is 1. The summed E-state index contributed by atoms with van der Waals surface area (Å²) in [5.41, 5.74) is 2.65. The highest BCUT2D eigenvalue weighted by Crippen LogP contribution is 2.28. The van der Waals surface area contributed by atoms with Gasteiger partial charge in [0.25, 0.3) is 0 Å². The summed E-state index contributed by atoms with van der Waals surface area (Å²) in [5.74, 6) is -0.264. The highest BCUT2D eigenvalue weighted by atomic mass is 16.5. The number of hydrogen-bond donors (Lipinski definition) is 0. The molecule has 3 rings (SSSR count). The van der Waals surface area contributed by atoms with E-state index in [0.29, 0.717) is 27.9 Å². The molecule has 0 aliphatic rings. The van der Waals surface area contributed by atoms with Crippen molar-refractivity contribution < 1.29 is 18.7 Å². The summed E-state index contributed by atoms with van der Waals surface area (Å²) >= 11 is 0. The van der Waals surface area contributed by atoms with Crippen molar-refractivity contribution in [2.75, 3.05) is 7.11 Å². The van der Waals surface area contributed by atoms with Gasteiger partial charge in [0.2, 0.25) is 0 Å². The SMILES string of the molecule is COC(=O)Cc1oc2ccccc2c1C(=O)c1ccc(C)cc1. The minimum absolute atomic E-state index is 0.0713. The van der Waals surface area contributed by atoms with Crippen LogP contribution >= 0.6 is 0 Å². The van der Waals surface area contributed by atoms with Crippen LogP contribution in [0.3, 0.4) is 0 Å². The number of aryl methyl sites for hydroxylation is 1. The normalized spacial score (nSPS) is 10.7. The maximum atomic E-state index is 12.9. The Hall–Kier alpha value is -2.88. The van der Waals surface area contributed by atoms with E-state index in [4.69, 9.17) is 9.15 Å². The molecule has 0 amide bonds. The van der Waals surface area contributed by atoms with Gasteiger partial charge in [-0.2, -0.15) is 0 Å². The molecule has 4 heteroatoms. The van der Waals surface area contributed by atoms with Crippen molar-refractivity contribution in [3.05, 3.63) is 71.0 Å². The number of rotatable bonds is 4. The fraction of sp³-hybridized carbons (Fsp3) is 0.158. The van der Waals surface area contributed by atoms with E-state index in [1.54, 1.807) is 18.2 Å². The average molecular weight is 308 g/mol. The van der Waals surface area contributed by atoms with E-state index in [0.717, 1.165) is 5.56 Å². The quantitative estimate of drug-likeness (QED) is 0.545. The third-order valence-corrected chi connectivity index (χ3v) is 3.74. The Bertz CT molecular complexity index is 872. The van der Waals surface area contributed by atoms with E-state index in [9.17, 15) is 9.59 Å². The van der Waals surface area contributed by atoms with Gasteiger partial charge in [-0.3, -0.25) is 9.59 Å². The lowest BCUT2D eigenvalue weighted by Crippen LogP contribution is -2.09. The first-order chi connectivity index (χ1) is 11.1. The minimum atomic E-state index is -0.443. The fourth-order valence-electron chi connectivity index (χ4n) is 2.52. The number of carbonyl (C=O) groups is 2. The number of hydrogen-bond acceptors (Lipinski definition) is 4. The smallest absolute Gasteiger partial charge is 0.313 e. The number of para-hydroxylation sites is 1. The predicted molar refractivity (Wildman–Crippen MR) is 86.5 cm³/mol. The molecule has 1 heterocycles. The summed E-state index contributed by atoms with van der Waals surface area (Å²) < 4.78 is 10.4. The first kappa shape index (κ1) is 15.0. The second-order valence-corrected chi connectivity index (χ2v) is 5.34. The minimum Gasteiger partial charge on any atom is -0.469 e. The second-order valence-electron chi connectivity index (χ2n) is 5.34. The van der Waals surface area contributed by atoms with Gasteiger partial charge >= 0.3 is 5.97 Å². The van der Waals surface area contributed by atoms with E-state index >= 15 is 0 Å². The molecule has 0 atom stereocenters. The summed E-state index contributed by atoms with van der Waals surface area (Å²) in [6, 6.07) is 14.6. The molecule has 0 N–H and O–H groups in total. The van der Waals surface area contributed by atoms with Gasteiger partial charge in [0.05, 0.1) is 12.7 Å². The molecule has 116 valence electrons. The Morgan fingerprint density at radius 3 is 2.43 bits per heavy atom. The molecule has 1 aromatic heterocycles. The molecule has 0 fully saturated rings. The molecule has 2 aromatic carbocycles. The Labute approximate surface area is 133 Å². The first-order valence-electron chi connectivity index (χ1n) is 7.28. The monoisotopic (exact) mass is 308 g/mol. The van der Waals surface area contributed by atoms with Crippen LogP contribution in [0.2, 0.25) is 0 Å². The van der Waals surface area contributed by atoms with Gasteiger partial charge in [-0.25, -0.2) is 0 Å². The van der Waals surface area contributed by atoms with E-state index in [1.807, 2.05) is 37.3 Å². The lowest BCUT2D eigenvalue weighted by Gasteiger charge is -2.03. The topological polar surface area (TPSA) is 56.5 Å². The van der Waals surface area contributed by atoms with E-state index in [-0.39, 0.29) is 12.2 Å². The molecular weight excluding hydrogens is 292 g/mol. The molecule has 0 spiro atoms. The van der Waals surface area contributed by atoms with Gasteiger partial charge in [-0.1, -0.05) is 48.0 Å². The predicted octanol–water partition coefficient (Wildman–Crippen LogP) is 3.69. The number of carbonyl (C=O) groups excluding carboxylic acids is 2. The van der Waals surface area contributed by atoms with Crippen molar-refractivity contribution in [3.63, 3.8) is 0 Å². The van der Waals surface area contributed by atoms with E-state index in [1.165, 1.54) is 7.11 Å². The van der Waals surface area contributed by atoms with Crippen molar-refractivity contribution >= 4 is 22.7 Å². The van der Waals surface area contributed by atoms with Crippen LogP contribution in [0.1, 0.15) is 27.2 Å². The third-order valence-electron chi connectivity index (χ3n) is 3.74. The van der Waals surface area contributed by atoms with Crippen LogP contribution < -0.4 is 0 Å². The Morgan fingerprint density at radius 2 is 1.74 bits per heavy atom. The zero-order chi connectivity index (χ0) is 16.4. The zero-order valence-electron chi connectivity index (χ0n) is 13.0. The van der Waals surface area contributed by atoms with Crippen LogP contribution in [-0.2, 0) is 16.0 Å². The zero-order valence-corrected chi connectivity index (χ0v) is 13.0. The van der Waals surface area contributed by atoms with Crippen molar-refractivity contribution in [1.82, 2.24) is 0 Å². The van der Waals surface area contributed by atoms with Crippen LogP contribution in [0.4, 0.5) is 0 Å². The van der Waals surface area contributed by atoms with Crippen molar-refractivity contribution in [2.24, 2.45) is 0 Å². The summed E-state index contributed by atoms with van der Waals surface area (Å²) in [7, 11) is 1.31. The Balaban J connectivity index is 2.13. The van der Waals surface area contributed by atoms with Crippen LogP contribution in [0.25, 0.3) is 11.0 Å². The average Bonchev–Trinajstić information content (AvgIpc) is 2.92. The number of fused-ring (bicyclic) bond motifs is 1. The van der Waals surface area contributed by atoms with Crippen molar-refractivity contribution in [2.45, 2.75) is 13.3 Å². The molecule has 0 aliphatic carbocycles. The number of ketones is 1. The molecule has 0 saturated carbocycles. The van der Waals surface area contributed by atoms with E-state index < -0.39 is 5.97 Å². The van der Waals surface area contributed by atoms with Crippen molar-refractivity contribution in [3.8, 4) is 0 Å². The molecule has 0 unspecified atom stereocenters. The van der Waals surface area contributed by atoms with Crippen LogP contribution in [0.15, 0.2) is 52.9 Å². The largest absolute Gasteiger partial charge is 0.469 e. The number of furan rings is 1. The van der Waals surface area contributed by atoms with Crippen LogP contribution in [0, 0.1) is 6.92 Å². The van der Waals surface area contributed by atoms with Crippen LogP contribution in [0.5, 0.6) is 0 Å². The molecule has 3 aromatic rings. The second kappa shape index (κ2) is 6.08. The van der Waals surface area contributed by atoms with Gasteiger partial charge in [0.1, 0.15) is 17.8 Å². The standard InChI is InChI=1S/C19H16O4/c1-12-7-9-13(10-8-12)19(21)18-14-5-3-4-6-15(14)23-16(18)11-17(20)22-2/h3-10H,11H2,1-2H3. The molecule has 23 heavy (non-hydrogen) atoms. The highest BCUT2D eigenvalue weighted by molar-refractivity contribution is 6.17. The Kier molecular flexibility index (Phi) is 3.98. The maximum absolute atomic E-state index is 12.9. The van der Waals surface area contributed by atoms with E-state index in [2.05, 4.69) is 0 Å². The highest BCUT2D eigenvalue weighted by Gasteiger charge is 2.23.